The second-order valence-corrected chi connectivity index (χ2v) is 4.65. The Bertz CT molecular complexity index is 664. The molecule has 0 aliphatic carbocycles. The molecule has 0 saturated carbocycles. The molecule has 0 radical (unpaired) electrons. The van der Waals surface area contributed by atoms with Crippen LogP contribution in [-0.2, 0) is 6.54 Å². The Balaban J connectivity index is 1.94. The van der Waals surface area contributed by atoms with Crippen molar-refractivity contribution < 1.29 is 0 Å². The largest absolute Gasteiger partial charge is 0.398 e. The molecule has 3 aromatic rings. The van der Waals surface area contributed by atoms with Crippen LogP contribution in [0.3, 0.4) is 0 Å². The third-order valence-electron chi connectivity index (χ3n) is 2.75. The molecule has 0 aliphatic heterocycles. The standard InChI is InChI=1S/C13H12N4S/c14-11-3-4-12(13-10(11)2-1-5-15-13)16-6-9-7-18-8-17-9/h1-5,7-8,16H,6,14H2. The first kappa shape index (κ1) is 11.0. The number of hydrogen-bond donors (Lipinski definition) is 2. The zero-order valence-electron chi connectivity index (χ0n) is 9.63. The number of thiazole rings is 1. The lowest BCUT2D eigenvalue weighted by molar-refractivity contribution is 1.08. The average Bonchev–Trinajstić information content (AvgIpc) is 2.92. The van der Waals surface area contributed by atoms with E-state index in [1.165, 1.54) is 0 Å². The number of anilines is 2. The fourth-order valence-electron chi connectivity index (χ4n) is 1.85. The summed E-state index contributed by atoms with van der Waals surface area (Å²) in [6.45, 7) is 0.694. The molecule has 3 N–H and O–H groups in total. The van der Waals surface area contributed by atoms with E-state index in [-0.39, 0.29) is 0 Å². The van der Waals surface area contributed by atoms with E-state index in [1.54, 1.807) is 17.5 Å². The average molecular weight is 256 g/mol. The number of fused-ring (bicyclic) bond motifs is 1. The van der Waals surface area contributed by atoms with Crippen molar-refractivity contribution in [2.75, 3.05) is 11.1 Å². The third-order valence-corrected chi connectivity index (χ3v) is 3.38. The molecular weight excluding hydrogens is 244 g/mol. The van der Waals surface area contributed by atoms with E-state index in [9.17, 15) is 0 Å². The van der Waals surface area contributed by atoms with Gasteiger partial charge < -0.3 is 11.1 Å². The topological polar surface area (TPSA) is 63.8 Å². The molecule has 4 nitrogen and oxygen atoms in total. The van der Waals surface area contributed by atoms with Crippen molar-refractivity contribution in [1.29, 1.82) is 0 Å². The molecule has 0 unspecified atom stereocenters. The molecule has 0 atom stereocenters. The number of nitrogens with one attached hydrogen (secondary N) is 1. The van der Waals surface area contributed by atoms with Gasteiger partial charge in [0.1, 0.15) is 0 Å². The zero-order valence-corrected chi connectivity index (χ0v) is 10.4. The predicted octanol–water partition coefficient (Wildman–Crippen LogP) is 2.89. The van der Waals surface area contributed by atoms with Gasteiger partial charge >= 0.3 is 0 Å². The number of hydrogen-bond acceptors (Lipinski definition) is 5. The summed E-state index contributed by atoms with van der Waals surface area (Å²) in [5, 5.41) is 6.34. The first-order chi connectivity index (χ1) is 8.84. The van der Waals surface area contributed by atoms with Gasteiger partial charge in [0, 0.05) is 22.7 Å². The molecule has 5 heteroatoms. The van der Waals surface area contributed by atoms with Gasteiger partial charge in [0.2, 0.25) is 0 Å². The number of rotatable bonds is 3. The highest BCUT2D eigenvalue weighted by Gasteiger charge is 2.05. The second-order valence-electron chi connectivity index (χ2n) is 3.94. The van der Waals surface area contributed by atoms with Crippen molar-refractivity contribution in [3.8, 4) is 0 Å². The Morgan fingerprint density at radius 3 is 3.00 bits per heavy atom. The quantitative estimate of drug-likeness (QED) is 0.707. The fourth-order valence-corrected chi connectivity index (χ4v) is 2.41. The van der Waals surface area contributed by atoms with Crippen molar-refractivity contribution in [2.45, 2.75) is 6.54 Å². The summed E-state index contributed by atoms with van der Waals surface area (Å²) in [5.41, 5.74) is 11.4. The van der Waals surface area contributed by atoms with Crippen molar-refractivity contribution in [3.05, 3.63) is 47.0 Å². The van der Waals surface area contributed by atoms with Crippen LogP contribution in [0, 0.1) is 0 Å². The molecular formula is C13H12N4S. The summed E-state index contributed by atoms with van der Waals surface area (Å²) >= 11 is 1.59. The highest BCUT2D eigenvalue weighted by atomic mass is 32.1. The molecule has 90 valence electrons. The molecule has 2 heterocycles. The summed E-state index contributed by atoms with van der Waals surface area (Å²) < 4.78 is 0. The van der Waals surface area contributed by atoms with E-state index >= 15 is 0 Å². The van der Waals surface area contributed by atoms with Gasteiger partial charge in [-0.2, -0.15) is 0 Å². The van der Waals surface area contributed by atoms with E-state index in [0.29, 0.717) is 6.54 Å². The second kappa shape index (κ2) is 4.62. The predicted molar refractivity (Wildman–Crippen MR) is 75.6 cm³/mol. The smallest absolute Gasteiger partial charge is 0.0953 e. The van der Waals surface area contributed by atoms with E-state index in [1.807, 2.05) is 35.2 Å². The van der Waals surface area contributed by atoms with Gasteiger partial charge in [0.25, 0.3) is 0 Å². The van der Waals surface area contributed by atoms with Crippen LogP contribution in [0.25, 0.3) is 10.9 Å². The van der Waals surface area contributed by atoms with Gasteiger partial charge in [0.15, 0.2) is 0 Å². The zero-order chi connectivity index (χ0) is 12.4. The summed E-state index contributed by atoms with van der Waals surface area (Å²) in [4.78, 5) is 8.62. The van der Waals surface area contributed by atoms with Gasteiger partial charge in [-0.3, -0.25) is 4.98 Å². The number of pyridine rings is 1. The van der Waals surface area contributed by atoms with E-state index in [4.69, 9.17) is 5.73 Å². The highest BCUT2D eigenvalue weighted by molar-refractivity contribution is 7.07. The van der Waals surface area contributed by atoms with Crippen LogP contribution < -0.4 is 11.1 Å². The molecule has 3 rings (SSSR count). The highest BCUT2D eigenvalue weighted by Crippen LogP contribution is 2.26. The number of aromatic nitrogens is 2. The first-order valence-electron chi connectivity index (χ1n) is 5.59. The Kier molecular flexibility index (Phi) is 2.82. The molecule has 2 aromatic heterocycles. The lowest BCUT2D eigenvalue weighted by atomic mass is 10.1. The summed E-state index contributed by atoms with van der Waals surface area (Å²) in [6.07, 6.45) is 1.77. The summed E-state index contributed by atoms with van der Waals surface area (Å²) in [5.74, 6) is 0. The number of benzene rings is 1. The van der Waals surface area contributed by atoms with Crippen LogP contribution >= 0.6 is 11.3 Å². The molecule has 0 spiro atoms. The molecule has 18 heavy (non-hydrogen) atoms. The minimum Gasteiger partial charge on any atom is -0.398 e. The van der Waals surface area contributed by atoms with Gasteiger partial charge in [-0.25, -0.2) is 4.98 Å². The van der Waals surface area contributed by atoms with Crippen LogP contribution in [0.5, 0.6) is 0 Å². The normalized spacial score (nSPS) is 10.7. The SMILES string of the molecule is Nc1ccc(NCc2cscn2)c2ncccc12. The number of nitrogens with two attached hydrogens (primary N) is 1. The maximum Gasteiger partial charge on any atom is 0.0953 e. The molecule has 0 aliphatic rings. The lowest BCUT2D eigenvalue weighted by Gasteiger charge is -2.09. The van der Waals surface area contributed by atoms with Crippen molar-refractivity contribution in [1.82, 2.24) is 9.97 Å². The van der Waals surface area contributed by atoms with Crippen LogP contribution in [0.1, 0.15) is 5.69 Å². The third kappa shape index (κ3) is 2.00. The molecule has 0 bridgehead atoms. The van der Waals surface area contributed by atoms with Crippen molar-refractivity contribution >= 4 is 33.6 Å². The van der Waals surface area contributed by atoms with E-state index in [0.717, 1.165) is 28.0 Å². The van der Waals surface area contributed by atoms with Crippen LogP contribution in [-0.4, -0.2) is 9.97 Å². The Morgan fingerprint density at radius 2 is 2.17 bits per heavy atom. The monoisotopic (exact) mass is 256 g/mol. The van der Waals surface area contributed by atoms with Crippen LogP contribution in [0.4, 0.5) is 11.4 Å². The fraction of sp³-hybridized carbons (Fsp3) is 0.0769. The molecule has 1 aromatic carbocycles. The minimum absolute atomic E-state index is 0.694. The molecule has 0 saturated heterocycles. The van der Waals surface area contributed by atoms with Crippen LogP contribution in [0.15, 0.2) is 41.4 Å². The maximum absolute atomic E-state index is 5.94. The molecule has 0 fully saturated rings. The molecule has 0 amide bonds. The van der Waals surface area contributed by atoms with E-state index < -0.39 is 0 Å². The summed E-state index contributed by atoms with van der Waals surface area (Å²) in [7, 11) is 0. The van der Waals surface area contributed by atoms with Gasteiger partial charge in [-0.05, 0) is 24.3 Å². The minimum atomic E-state index is 0.694. The van der Waals surface area contributed by atoms with Crippen LogP contribution in [0.2, 0.25) is 0 Å². The lowest BCUT2D eigenvalue weighted by Crippen LogP contribution is -2.01. The summed E-state index contributed by atoms with van der Waals surface area (Å²) in [6, 6.07) is 7.72. The van der Waals surface area contributed by atoms with Gasteiger partial charge in [-0.15, -0.1) is 11.3 Å². The van der Waals surface area contributed by atoms with Gasteiger partial charge in [0.05, 0.1) is 29.0 Å². The Morgan fingerprint density at radius 1 is 1.22 bits per heavy atom. The Hall–Kier alpha value is -2.14. The Labute approximate surface area is 109 Å². The van der Waals surface area contributed by atoms with Crippen molar-refractivity contribution in [3.63, 3.8) is 0 Å². The number of nitrogens with zero attached hydrogens (tertiary/aromatic N) is 2. The first-order valence-corrected chi connectivity index (χ1v) is 6.53. The van der Waals surface area contributed by atoms with Crippen molar-refractivity contribution in [2.24, 2.45) is 0 Å². The van der Waals surface area contributed by atoms with E-state index in [2.05, 4.69) is 15.3 Å². The maximum atomic E-state index is 5.94. The van der Waals surface area contributed by atoms with Gasteiger partial charge in [-0.1, -0.05) is 0 Å². The number of nitrogen functional groups attached to an aromatic ring is 1.